The van der Waals surface area contributed by atoms with Crippen molar-refractivity contribution in [3.8, 4) is 5.75 Å². The molecule has 0 saturated heterocycles. The summed E-state index contributed by atoms with van der Waals surface area (Å²) in [5, 5.41) is 4.27. The number of carbonyl (C=O) groups is 2. The number of aromatic nitrogens is 1. The third kappa shape index (κ3) is 4.52. The average Bonchev–Trinajstić information content (AvgIpc) is 2.95. The van der Waals surface area contributed by atoms with Gasteiger partial charge in [0.25, 0.3) is 5.91 Å². The Kier molecular flexibility index (Phi) is 5.42. The van der Waals surface area contributed by atoms with Crippen LogP contribution in [-0.4, -0.2) is 30.1 Å². The predicted molar refractivity (Wildman–Crippen MR) is 78.6 cm³/mol. The first-order valence-electron chi connectivity index (χ1n) is 6.39. The van der Waals surface area contributed by atoms with Crippen LogP contribution in [0.3, 0.4) is 0 Å². The summed E-state index contributed by atoms with van der Waals surface area (Å²) in [6.45, 7) is 1.70. The average molecular weight is 324 g/mol. The van der Waals surface area contributed by atoms with Crippen LogP contribution in [0.1, 0.15) is 17.4 Å². The minimum absolute atomic E-state index is 0.140. The number of nitrogens with one attached hydrogen (secondary N) is 1. The van der Waals surface area contributed by atoms with Gasteiger partial charge in [0.05, 0.1) is 6.61 Å². The Morgan fingerprint density at radius 2 is 2.05 bits per heavy atom. The van der Waals surface area contributed by atoms with E-state index in [1.165, 1.54) is 29.6 Å². The first-order valence-corrected chi connectivity index (χ1v) is 7.27. The molecule has 116 valence electrons. The lowest BCUT2D eigenvalue weighted by atomic mass is 10.3. The van der Waals surface area contributed by atoms with Crippen LogP contribution in [0, 0.1) is 5.82 Å². The van der Waals surface area contributed by atoms with Crippen LogP contribution in [0.5, 0.6) is 5.75 Å². The Labute approximate surface area is 129 Å². The van der Waals surface area contributed by atoms with Gasteiger partial charge in [-0.25, -0.2) is 14.2 Å². The van der Waals surface area contributed by atoms with Crippen molar-refractivity contribution in [3.05, 3.63) is 41.2 Å². The van der Waals surface area contributed by atoms with Crippen molar-refractivity contribution in [3.63, 3.8) is 0 Å². The molecule has 0 aliphatic rings. The number of esters is 1. The molecule has 6 nitrogen and oxygen atoms in total. The highest BCUT2D eigenvalue weighted by atomic mass is 32.1. The lowest BCUT2D eigenvalue weighted by Gasteiger charge is -2.05. The van der Waals surface area contributed by atoms with E-state index in [9.17, 15) is 14.0 Å². The van der Waals surface area contributed by atoms with E-state index in [1.807, 2.05) is 0 Å². The van der Waals surface area contributed by atoms with Crippen molar-refractivity contribution in [1.29, 1.82) is 0 Å². The maximum atomic E-state index is 12.7. The van der Waals surface area contributed by atoms with Crippen molar-refractivity contribution in [2.24, 2.45) is 0 Å². The molecule has 1 amide bonds. The summed E-state index contributed by atoms with van der Waals surface area (Å²) in [5.41, 5.74) is 0.140. The number of hydrogen-bond acceptors (Lipinski definition) is 6. The monoisotopic (exact) mass is 324 g/mol. The SMILES string of the molecule is CCOC(=O)c1csc(NC(=O)COc2ccc(F)cc2)n1. The molecule has 2 rings (SSSR count). The van der Waals surface area contributed by atoms with Crippen LogP contribution in [0.4, 0.5) is 9.52 Å². The molecule has 1 N–H and O–H groups in total. The van der Waals surface area contributed by atoms with Crippen LogP contribution < -0.4 is 10.1 Å². The molecule has 0 aliphatic heterocycles. The van der Waals surface area contributed by atoms with Gasteiger partial charge >= 0.3 is 5.97 Å². The zero-order valence-electron chi connectivity index (χ0n) is 11.7. The number of rotatable bonds is 6. The van der Waals surface area contributed by atoms with Crippen molar-refractivity contribution in [1.82, 2.24) is 4.98 Å². The van der Waals surface area contributed by atoms with Gasteiger partial charge in [0, 0.05) is 5.38 Å². The number of hydrogen-bond donors (Lipinski definition) is 1. The quantitative estimate of drug-likeness (QED) is 0.826. The summed E-state index contributed by atoms with van der Waals surface area (Å²) in [6, 6.07) is 5.31. The van der Waals surface area contributed by atoms with Gasteiger partial charge in [0.1, 0.15) is 11.6 Å². The molecule has 0 aliphatic carbocycles. The Bertz CT molecular complexity index is 657. The van der Waals surface area contributed by atoms with E-state index in [-0.39, 0.29) is 29.9 Å². The molecule has 8 heteroatoms. The second-order valence-corrected chi connectivity index (χ2v) is 4.91. The Morgan fingerprint density at radius 1 is 1.32 bits per heavy atom. The molecule has 0 radical (unpaired) electrons. The normalized spacial score (nSPS) is 10.1. The van der Waals surface area contributed by atoms with Gasteiger partial charge in [-0.3, -0.25) is 10.1 Å². The Balaban J connectivity index is 1.84. The van der Waals surface area contributed by atoms with Gasteiger partial charge in [-0.2, -0.15) is 0 Å². The summed E-state index contributed by atoms with van der Waals surface area (Å²) in [5.74, 6) is -0.982. The number of amides is 1. The molecular formula is C14H13FN2O4S. The number of anilines is 1. The smallest absolute Gasteiger partial charge is 0.357 e. The van der Waals surface area contributed by atoms with E-state index in [0.717, 1.165) is 11.3 Å². The van der Waals surface area contributed by atoms with Crippen LogP contribution in [0.15, 0.2) is 29.6 Å². The molecule has 1 aromatic heterocycles. The van der Waals surface area contributed by atoms with E-state index in [2.05, 4.69) is 10.3 Å². The van der Waals surface area contributed by atoms with Crippen molar-refractivity contribution in [2.75, 3.05) is 18.5 Å². The molecule has 0 spiro atoms. The maximum Gasteiger partial charge on any atom is 0.357 e. The number of thiazole rings is 1. The summed E-state index contributed by atoms with van der Waals surface area (Å²) < 4.78 is 22.7. The molecule has 0 fully saturated rings. The zero-order valence-corrected chi connectivity index (χ0v) is 12.5. The summed E-state index contributed by atoms with van der Waals surface area (Å²) >= 11 is 1.11. The largest absolute Gasteiger partial charge is 0.484 e. The predicted octanol–water partition coefficient (Wildman–Crippen LogP) is 2.48. The van der Waals surface area contributed by atoms with Crippen molar-refractivity contribution < 1.29 is 23.5 Å². The van der Waals surface area contributed by atoms with Gasteiger partial charge in [-0.05, 0) is 31.2 Å². The summed E-state index contributed by atoms with van der Waals surface area (Å²) in [4.78, 5) is 27.1. The lowest BCUT2D eigenvalue weighted by Crippen LogP contribution is -2.20. The fraction of sp³-hybridized carbons (Fsp3) is 0.214. The summed E-state index contributed by atoms with van der Waals surface area (Å²) in [6.07, 6.45) is 0. The van der Waals surface area contributed by atoms with E-state index < -0.39 is 11.9 Å². The fourth-order valence-electron chi connectivity index (χ4n) is 1.46. The molecule has 0 atom stereocenters. The highest BCUT2D eigenvalue weighted by molar-refractivity contribution is 7.14. The molecule has 0 bridgehead atoms. The number of benzene rings is 1. The molecule has 0 saturated carbocycles. The van der Waals surface area contributed by atoms with Crippen LogP contribution in [0.25, 0.3) is 0 Å². The topological polar surface area (TPSA) is 77.5 Å². The Morgan fingerprint density at radius 3 is 2.73 bits per heavy atom. The molecule has 0 unspecified atom stereocenters. The first kappa shape index (κ1) is 15.9. The highest BCUT2D eigenvalue weighted by Crippen LogP contribution is 2.16. The van der Waals surface area contributed by atoms with Crippen LogP contribution in [-0.2, 0) is 9.53 Å². The van der Waals surface area contributed by atoms with Crippen molar-refractivity contribution in [2.45, 2.75) is 6.92 Å². The molecule has 22 heavy (non-hydrogen) atoms. The Hall–Kier alpha value is -2.48. The molecular weight excluding hydrogens is 311 g/mol. The van der Waals surface area contributed by atoms with E-state index in [1.54, 1.807) is 6.92 Å². The van der Waals surface area contributed by atoms with Gasteiger partial charge in [-0.15, -0.1) is 11.3 Å². The number of halogens is 1. The van der Waals surface area contributed by atoms with Gasteiger partial charge < -0.3 is 9.47 Å². The minimum atomic E-state index is -0.540. The second-order valence-electron chi connectivity index (χ2n) is 4.05. The second kappa shape index (κ2) is 7.51. The van der Waals surface area contributed by atoms with Crippen LogP contribution in [0.2, 0.25) is 0 Å². The molecule has 2 aromatic rings. The van der Waals surface area contributed by atoms with E-state index in [0.29, 0.717) is 5.75 Å². The fourth-order valence-corrected chi connectivity index (χ4v) is 2.16. The maximum absolute atomic E-state index is 12.7. The number of carbonyl (C=O) groups excluding carboxylic acids is 2. The first-order chi connectivity index (χ1) is 10.6. The third-order valence-corrected chi connectivity index (χ3v) is 3.18. The highest BCUT2D eigenvalue weighted by Gasteiger charge is 2.13. The van der Waals surface area contributed by atoms with Gasteiger partial charge in [0.2, 0.25) is 0 Å². The van der Waals surface area contributed by atoms with Gasteiger partial charge in [0.15, 0.2) is 17.4 Å². The van der Waals surface area contributed by atoms with E-state index >= 15 is 0 Å². The number of nitrogens with zero attached hydrogens (tertiary/aromatic N) is 1. The third-order valence-electron chi connectivity index (χ3n) is 2.42. The minimum Gasteiger partial charge on any atom is -0.484 e. The van der Waals surface area contributed by atoms with Gasteiger partial charge in [-0.1, -0.05) is 0 Å². The standard InChI is InChI=1S/C14H13FN2O4S/c1-2-20-13(19)11-8-22-14(16-11)17-12(18)7-21-10-5-3-9(15)4-6-10/h3-6,8H,2,7H2,1H3,(H,16,17,18). The van der Waals surface area contributed by atoms with Crippen molar-refractivity contribution >= 4 is 28.3 Å². The van der Waals surface area contributed by atoms with E-state index in [4.69, 9.17) is 9.47 Å². The zero-order chi connectivity index (χ0) is 15.9. The molecule has 1 aromatic carbocycles. The summed E-state index contributed by atoms with van der Waals surface area (Å²) in [7, 11) is 0. The molecule has 1 heterocycles. The lowest BCUT2D eigenvalue weighted by molar-refractivity contribution is -0.118. The van der Waals surface area contributed by atoms with Crippen LogP contribution >= 0.6 is 11.3 Å². The number of ether oxygens (including phenoxy) is 2.